The van der Waals surface area contributed by atoms with Crippen molar-refractivity contribution >= 4 is 17.9 Å². The average molecular weight is 301 g/mol. The Morgan fingerprint density at radius 2 is 1.76 bits per heavy atom. The molecule has 0 aromatic carbocycles. The number of amides is 3. The average Bonchev–Trinajstić information content (AvgIpc) is 2.24. The van der Waals surface area contributed by atoms with Crippen LogP contribution in [0, 0.1) is 5.92 Å². The number of nitrogens with one attached hydrogen (secondary N) is 2. The van der Waals surface area contributed by atoms with E-state index < -0.39 is 17.4 Å². The molecule has 21 heavy (non-hydrogen) atoms. The van der Waals surface area contributed by atoms with Gasteiger partial charge in [0.15, 0.2) is 0 Å². The summed E-state index contributed by atoms with van der Waals surface area (Å²) in [5, 5.41) is 14.2. The molecule has 0 aromatic rings. The normalized spacial score (nSPS) is 14.1. The second kappa shape index (κ2) is 8.49. The predicted molar refractivity (Wildman–Crippen MR) is 79.7 cm³/mol. The Labute approximate surface area is 125 Å². The lowest BCUT2D eigenvalue weighted by Gasteiger charge is -2.26. The van der Waals surface area contributed by atoms with Gasteiger partial charge in [0.1, 0.15) is 0 Å². The fourth-order valence-electron chi connectivity index (χ4n) is 1.97. The molecule has 0 aliphatic rings. The lowest BCUT2D eigenvalue weighted by molar-refractivity contribution is -0.141. The minimum atomic E-state index is -0.804. The molecule has 0 aromatic heterocycles. The van der Waals surface area contributed by atoms with Gasteiger partial charge in [-0.05, 0) is 33.6 Å². The summed E-state index contributed by atoms with van der Waals surface area (Å²) in [4.78, 5) is 33.3. The first-order valence-electron chi connectivity index (χ1n) is 7.13. The number of carbonyl (C=O) groups excluding carboxylic acids is 2. The molecule has 7 heteroatoms. The largest absolute Gasteiger partial charge is 0.481 e. The number of urea groups is 1. The Morgan fingerprint density at radius 3 is 2.24 bits per heavy atom. The lowest BCUT2D eigenvalue weighted by Crippen LogP contribution is -2.51. The zero-order valence-corrected chi connectivity index (χ0v) is 13.2. The van der Waals surface area contributed by atoms with E-state index in [0.717, 1.165) is 6.42 Å². The van der Waals surface area contributed by atoms with Crippen LogP contribution in [0.2, 0.25) is 0 Å². The quantitative estimate of drug-likeness (QED) is 0.511. The standard InChI is InChI=1S/C14H27N3O4/c1-9(12(19)20)6-5-7-10(2)16-13(21)17-14(3,4)8-11(15)18/h9-10H,5-8H2,1-4H3,(H2,15,18)(H,19,20)(H2,16,17,21). The van der Waals surface area contributed by atoms with Crippen LogP contribution in [0.4, 0.5) is 4.79 Å². The van der Waals surface area contributed by atoms with Crippen LogP contribution in [0.15, 0.2) is 0 Å². The van der Waals surface area contributed by atoms with Crippen LogP contribution in [0.5, 0.6) is 0 Å². The highest BCUT2D eigenvalue weighted by molar-refractivity contribution is 5.78. The maximum absolute atomic E-state index is 11.8. The third-order valence-corrected chi connectivity index (χ3v) is 3.14. The van der Waals surface area contributed by atoms with Gasteiger partial charge in [-0.15, -0.1) is 0 Å². The topological polar surface area (TPSA) is 122 Å². The molecular weight excluding hydrogens is 274 g/mol. The van der Waals surface area contributed by atoms with Gasteiger partial charge in [0.25, 0.3) is 0 Å². The molecule has 0 heterocycles. The predicted octanol–water partition coefficient (Wildman–Crippen LogP) is 1.22. The van der Waals surface area contributed by atoms with Gasteiger partial charge in [-0.3, -0.25) is 9.59 Å². The molecule has 7 nitrogen and oxygen atoms in total. The van der Waals surface area contributed by atoms with E-state index in [9.17, 15) is 14.4 Å². The number of aliphatic carboxylic acids is 1. The Hall–Kier alpha value is -1.79. The Bertz CT molecular complexity index is 382. The van der Waals surface area contributed by atoms with Gasteiger partial charge < -0.3 is 21.5 Å². The lowest BCUT2D eigenvalue weighted by atomic mass is 10.0. The fraction of sp³-hybridized carbons (Fsp3) is 0.786. The molecule has 0 saturated heterocycles. The van der Waals surface area contributed by atoms with Crippen LogP contribution in [-0.2, 0) is 9.59 Å². The highest BCUT2D eigenvalue weighted by Gasteiger charge is 2.23. The van der Waals surface area contributed by atoms with Gasteiger partial charge in [0, 0.05) is 18.0 Å². The van der Waals surface area contributed by atoms with Gasteiger partial charge in [-0.1, -0.05) is 13.3 Å². The maximum atomic E-state index is 11.8. The molecule has 0 saturated carbocycles. The summed E-state index contributed by atoms with van der Waals surface area (Å²) in [6, 6.07) is -0.435. The fourth-order valence-corrected chi connectivity index (χ4v) is 1.97. The van der Waals surface area contributed by atoms with Crippen LogP contribution in [0.3, 0.4) is 0 Å². The van der Waals surface area contributed by atoms with Crippen molar-refractivity contribution in [3.8, 4) is 0 Å². The summed E-state index contributed by atoms with van der Waals surface area (Å²) in [7, 11) is 0. The van der Waals surface area contributed by atoms with E-state index in [2.05, 4.69) is 10.6 Å². The molecule has 122 valence electrons. The van der Waals surface area contributed by atoms with Crippen LogP contribution in [0.1, 0.15) is 53.4 Å². The third kappa shape index (κ3) is 9.70. The van der Waals surface area contributed by atoms with E-state index in [1.807, 2.05) is 6.92 Å². The van der Waals surface area contributed by atoms with E-state index in [4.69, 9.17) is 10.8 Å². The van der Waals surface area contributed by atoms with Crippen molar-refractivity contribution < 1.29 is 19.5 Å². The molecule has 5 N–H and O–H groups in total. The molecule has 2 unspecified atom stereocenters. The van der Waals surface area contributed by atoms with Gasteiger partial charge >= 0.3 is 12.0 Å². The summed E-state index contributed by atoms with van der Waals surface area (Å²) in [5.41, 5.74) is 4.41. The number of carbonyl (C=O) groups is 3. The summed E-state index contributed by atoms with van der Waals surface area (Å²) in [5.74, 6) is -1.65. The molecule has 0 fully saturated rings. The molecule has 0 bridgehead atoms. The van der Waals surface area contributed by atoms with E-state index in [1.165, 1.54) is 0 Å². The van der Waals surface area contributed by atoms with E-state index >= 15 is 0 Å². The zero-order chi connectivity index (χ0) is 16.6. The number of hydrogen-bond acceptors (Lipinski definition) is 3. The van der Waals surface area contributed by atoms with Crippen molar-refractivity contribution in [1.29, 1.82) is 0 Å². The van der Waals surface area contributed by atoms with Crippen molar-refractivity contribution in [2.45, 2.75) is 65.0 Å². The van der Waals surface area contributed by atoms with Crippen LogP contribution >= 0.6 is 0 Å². The number of carboxylic acids is 1. The second-order valence-corrected chi connectivity index (χ2v) is 6.20. The Balaban J connectivity index is 4.04. The van der Waals surface area contributed by atoms with Crippen LogP contribution in [0.25, 0.3) is 0 Å². The minimum absolute atomic E-state index is 0.0604. The maximum Gasteiger partial charge on any atom is 0.315 e. The molecule has 3 amide bonds. The highest BCUT2D eigenvalue weighted by atomic mass is 16.4. The monoisotopic (exact) mass is 301 g/mol. The molecule has 0 spiro atoms. The molecule has 0 aliphatic carbocycles. The van der Waals surface area contributed by atoms with Crippen molar-refractivity contribution in [2.75, 3.05) is 0 Å². The zero-order valence-electron chi connectivity index (χ0n) is 13.2. The number of nitrogens with two attached hydrogens (primary N) is 1. The second-order valence-electron chi connectivity index (χ2n) is 6.20. The smallest absolute Gasteiger partial charge is 0.315 e. The van der Waals surface area contributed by atoms with Crippen molar-refractivity contribution in [3.63, 3.8) is 0 Å². The highest BCUT2D eigenvalue weighted by Crippen LogP contribution is 2.10. The summed E-state index contributed by atoms with van der Waals surface area (Å²) < 4.78 is 0. The van der Waals surface area contributed by atoms with Gasteiger partial charge in [-0.2, -0.15) is 0 Å². The van der Waals surface area contributed by atoms with Crippen molar-refractivity contribution in [1.82, 2.24) is 10.6 Å². The molecule has 0 radical (unpaired) electrons. The first-order valence-corrected chi connectivity index (χ1v) is 7.13. The van der Waals surface area contributed by atoms with Crippen molar-refractivity contribution in [2.24, 2.45) is 11.7 Å². The van der Waals surface area contributed by atoms with Gasteiger partial charge in [0.05, 0.1) is 5.92 Å². The van der Waals surface area contributed by atoms with Crippen LogP contribution < -0.4 is 16.4 Å². The van der Waals surface area contributed by atoms with Gasteiger partial charge in [0.2, 0.25) is 5.91 Å². The summed E-state index contributed by atoms with van der Waals surface area (Å²) in [6.45, 7) is 6.96. The van der Waals surface area contributed by atoms with E-state index in [-0.39, 0.29) is 24.4 Å². The van der Waals surface area contributed by atoms with Crippen molar-refractivity contribution in [3.05, 3.63) is 0 Å². The molecule has 0 rings (SSSR count). The van der Waals surface area contributed by atoms with Gasteiger partial charge in [-0.25, -0.2) is 4.79 Å². The number of rotatable bonds is 9. The van der Waals surface area contributed by atoms with E-state index in [1.54, 1.807) is 20.8 Å². The van der Waals surface area contributed by atoms with E-state index in [0.29, 0.717) is 12.8 Å². The number of carboxylic acid groups (broad SMARTS) is 1. The first kappa shape index (κ1) is 19.2. The molecule has 0 aliphatic heterocycles. The summed E-state index contributed by atoms with van der Waals surface area (Å²) >= 11 is 0. The summed E-state index contributed by atoms with van der Waals surface area (Å²) in [6.07, 6.45) is 2.06. The molecule has 2 atom stereocenters. The number of hydrogen-bond donors (Lipinski definition) is 4. The Morgan fingerprint density at radius 1 is 1.19 bits per heavy atom. The molecular formula is C14H27N3O4. The first-order chi connectivity index (χ1) is 9.53. The Kier molecular flexibility index (Phi) is 7.76. The minimum Gasteiger partial charge on any atom is -0.481 e. The van der Waals surface area contributed by atoms with Crippen LogP contribution in [-0.4, -0.2) is 34.6 Å². The number of primary amides is 1. The third-order valence-electron chi connectivity index (χ3n) is 3.14. The SMILES string of the molecule is CC(CCCC(C)C(=O)O)NC(=O)NC(C)(C)CC(N)=O.